The van der Waals surface area contributed by atoms with Crippen LogP contribution < -0.4 is 4.90 Å². The molecule has 20 heavy (non-hydrogen) atoms. The van der Waals surface area contributed by atoms with Crippen molar-refractivity contribution in [2.24, 2.45) is 0 Å². The normalized spacial score (nSPS) is 17.8. The molecule has 1 atom stereocenters. The Morgan fingerprint density at radius 3 is 2.50 bits per heavy atom. The van der Waals surface area contributed by atoms with Crippen LogP contribution in [0.4, 0.5) is 5.69 Å². The summed E-state index contributed by atoms with van der Waals surface area (Å²) in [5.41, 5.74) is 2.14. The highest BCUT2D eigenvalue weighted by Crippen LogP contribution is 2.22. The number of carbonyl (C=O) groups excluding carboxylic acids is 1. The van der Waals surface area contributed by atoms with E-state index < -0.39 is 0 Å². The van der Waals surface area contributed by atoms with E-state index >= 15 is 0 Å². The van der Waals surface area contributed by atoms with E-state index in [4.69, 9.17) is 0 Å². The molecule has 1 aliphatic rings. The Hall–Kier alpha value is -1.55. The summed E-state index contributed by atoms with van der Waals surface area (Å²) in [5, 5.41) is 9.81. The second kappa shape index (κ2) is 6.75. The van der Waals surface area contributed by atoms with Gasteiger partial charge in [-0.2, -0.15) is 0 Å². The van der Waals surface area contributed by atoms with E-state index in [0.717, 1.165) is 44.6 Å². The number of anilines is 1. The number of amides is 1. The summed E-state index contributed by atoms with van der Waals surface area (Å²) in [7, 11) is 0. The van der Waals surface area contributed by atoms with Crippen LogP contribution in [0.1, 0.15) is 38.4 Å². The Bertz CT molecular complexity index is 444. The van der Waals surface area contributed by atoms with Gasteiger partial charge in [-0.25, -0.2) is 0 Å². The zero-order chi connectivity index (χ0) is 14.5. The molecule has 1 N–H and O–H groups in total. The number of rotatable bonds is 3. The quantitative estimate of drug-likeness (QED) is 0.920. The molecular weight excluding hydrogens is 252 g/mol. The summed E-state index contributed by atoms with van der Waals surface area (Å²) in [6, 6.07) is 8.13. The van der Waals surface area contributed by atoms with Crippen molar-refractivity contribution < 1.29 is 9.90 Å². The minimum Gasteiger partial charge on any atom is -0.388 e. The van der Waals surface area contributed by atoms with Crippen LogP contribution in [0, 0.1) is 0 Å². The molecule has 4 nitrogen and oxygen atoms in total. The van der Waals surface area contributed by atoms with Crippen molar-refractivity contribution >= 4 is 11.6 Å². The van der Waals surface area contributed by atoms with Crippen LogP contribution in [0.25, 0.3) is 0 Å². The highest BCUT2D eigenvalue weighted by Gasteiger charge is 2.16. The second-order valence-electron chi connectivity index (χ2n) is 5.36. The summed E-state index contributed by atoms with van der Waals surface area (Å²) >= 11 is 0. The van der Waals surface area contributed by atoms with Crippen molar-refractivity contribution in [2.45, 2.75) is 32.8 Å². The molecule has 0 aliphatic carbocycles. The predicted octanol–water partition coefficient (Wildman–Crippen LogP) is 2.19. The molecule has 0 saturated carbocycles. The molecule has 0 radical (unpaired) electrons. The lowest BCUT2D eigenvalue weighted by molar-refractivity contribution is -0.128. The molecule has 1 aliphatic heterocycles. The van der Waals surface area contributed by atoms with Gasteiger partial charge in [0.1, 0.15) is 0 Å². The summed E-state index contributed by atoms with van der Waals surface area (Å²) < 4.78 is 0. The van der Waals surface area contributed by atoms with Crippen molar-refractivity contribution in [1.82, 2.24) is 4.90 Å². The molecule has 1 saturated heterocycles. The molecule has 1 aromatic rings. The van der Waals surface area contributed by atoms with Crippen molar-refractivity contribution in [2.75, 3.05) is 31.1 Å². The number of nitrogens with zero attached hydrogens (tertiary/aromatic N) is 2. The molecule has 1 unspecified atom stereocenters. The second-order valence-corrected chi connectivity index (χ2v) is 5.36. The van der Waals surface area contributed by atoms with Gasteiger partial charge in [0.15, 0.2) is 0 Å². The van der Waals surface area contributed by atoms with Gasteiger partial charge in [0.25, 0.3) is 0 Å². The molecule has 1 fully saturated rings. The minimum atomic E-state index is -0.374. The summed E-state index contributed by atoms with van der Waals surface area (Å²) in [4.78, 5) is 15.6. The van der Waals surface area contributed by atoms with E-state index in [-0.39, 0.29) is 12.0 Å². The van der Waals surface area contributed by atoms with E-state index in [9.17, 15) is 9.90 Å². The van der Waals surface area contributed by atoms with E-state index in [2.05, 4.69) is 17.0 Å². The number of benzene rings is 1. The smallest absolute Gasteiger partial charge is 0.219 e. The average Bonchev–Trinajstić information content (AvgIpc) is 2.72. The molecule has 1 amide bonds. The summed E-state index contributed by atoms with van der Waals surface area (Å²) in [6.07, 6.45) is 1.36. The van der Waals surface area contributed by atoms with E-state index in [1.807, 2.05) is 24.0 Å². The summed E-state index contributed by atoms with van der Waals surface area (Å²) in [6.45, 7) is 7.09. The Balaban J connectivity index is 2.02. The van der Waals surface area contributed by atoms with Gasteiger partial charge < -0.3 is 14.9 Å². The van der Waals surface area contributed by atoms with Crippen molar-refractivity contribution in [3.05, 3.63) is 29.8 Å². The van der Waals surface area contributed by atoms with Crippen molar-refractivity contribution in [1.29, 1.82) is 0 Å². The maximum absolute atomic E-state index is 11.4. The van der Waals surface area contributed by atoms with Gasteiger partial charge in [0.05, 0.1) is 6.10 Å². The van der Waals surface area contributed by atoms with Gasteiger partial charge in [-0.1, -0.05) is 19.1 Å². The highest BCUT2D eigenvalue weighted by molar-refractivity contribution is 5.73. The highest BCUT2D eigenvalue weighted by atomic mass is 16.3. The van der Waals surface area contributed by atoms with Gasteiger partial charge in [0, 0.05) is 38.8 Å². The lowest BCUT2D eigenvalue weighted by atomic mass is 10.1. The third kappa shape index (κ3) is 3.51. The largest absolute Gasteiger partial charge is 0.388 e. The Labute approximate surface area is 121 Å². The molecule has 0 spiro atoms. The fourth-order valence-corrected chi connectivity index (χ4v) is 2.63. The zero-order valence-corrected chi connectivity index (χ0v) is 12.4. The number of hydrogen-bond acceptors (Lipinski definition) is 3. The van der Waals surface area contributed by atoms with Crippen molar-refractivity contribution in [3.8, 4) is 0 Å². The molecule has 4 heteroatoms. The minimum absolute atomic E-state index is 0.160. The molecule has 0 bridgehead atoms. The third-order valence-electron chi connectivity index (χ3n) is 3.97. The predicted molar refractivity (Wildman–Crippen MR) is 80.8 cm³/mol. The molecule has 110 valence electrons. The lowest BCUT2D eigenvalue weighted by Gasteiger charge is -2.23. The maximum Gasteiger partial charge on any atom is 0.219 e. The number of carbonyl (C=O) groups is 1. The molecule has 2 rings (SSSR count). The Morgan fingerprint density at radius 1 is 1.20 bits per heavy atom. The van der Waals surface area contributed by atoms with Gasteiger partial charge in [-0.05, 0) is 30.5 Å². The number of aliphatic hydroxyl groups is 1. The molecule has 1 aromatic carbocycles. The van der Waals surface area contributed by atoms with Crippen LogP contribution in [0.15, 0.2) is 24.3 Å². The van der Waals surface area contributed by atoms with E-state index in [1.165, 1.54) is 5.69 Å². The molecular formula is C16H24N2O2. The van der Waals surface area contributed by atoms with Gasteiger partial charge in [0.2, 0.25) is 5.91 Å². The van der Waals surface area contributed by atoms with Crippen LogP contribution >= 0.6 is 0 Å². The Kier molecular flexibility index (Phi) is 5.01. The maximum atomic E-state index is 11.4. The summed E-state index contributed by atoms with van der Waals surface area (Å²) in [5.74, 6) is 0.160. The lowest BCUT2D eigenvalue weighted by Crippen LogP contribution is -2.33. The van der Waals surface area contributed by atoms with E-state index in [1.54, 1.807) is 6.92 Å². The fraction of sp³-hybridized carbons (Fsp3) is 0.562. The Morgan fingerprint density at radius 2 is 1.90 bits per heavy atom. The van der Waals surface area contributed by atoms with Crippen LogP contribution in [0.5, 0.6) is 0 Å². The van der Waals surface area contributed by atoms with Crippen molar-refractivity contribution in [3.63, 3.8) is 0 Å². The number of hydrogen-bond donors (Lipinski definition) is 1. The van der Waals surface area contributed by atoms with Gasteiger partial charge >= 0.3 is 0 Å². The molecule has 1 heterocycles. The third-order valence-corrected chi connectivity index (χ3v) is 3.97. The fourth-order valence-electron chi connectivity index (χ4n) is 2.63. The number of aliphatic hydroxyl groups excluding tert-OH is 1. The first-order chi connectivity index (χ1) is 9.61. The first kappa shape index (κ1) is 14.9. The van der Waals surface area contributed by atoms with Crippen LogP contribution in [-0.4, -0.2) is 42.1 Å². The molecule has 0 aromatic heterocycles. The van der Waals surface area contributed by atoms with Gasteiger partial charge in [-0.3, -0.25) is 4.79 Å². The van der Waals surface area contributed by atoms with Gasteiger partial charge in [-0.15, -0.1) is 0 Å². The topological polar surface area (TPSA) is 43.8 Å². The first-order valence-corrected chi connectivity index (χ1v) is 7.40. The van der Waals surface area contributed by atoms with Crippen LogP contribution in [-0.2, 0) is 4.79 Å². The van der Waals surface area contributed by atoms with Crippen LogP contribution in [0.3, 0.4) is 0 Å². The van der Waals surface area contributed by atoms with E-state index in [0.29, 0.717) is 0 Å². The standard InChI is InChI=1S/C16H24N2O2/c1-3-16(20)14-5-7-15(8-6-14)18-10-4-9-17(11-12-18)13(2)19/h5-8,16,20H,3-4,9-12H2,1-2H3. The van der Waals surface area contributed by atoms with Crippen LogP contribution in [0.2, 0.25) is 0 Å². The monoisotopic (exact) mass is 276 g/mol. The average molecular weight is 276 g/mol. The first-order valence-electron chi connectivity index (χ1n) is 7.40. The zero-order valence-electron chi connectivity index (χ0n) is 12.4. The SMILES string of the molecule is CCC(O)c1ccc(N2CCCN(C(C)=O)CC2)cc1.